The summed E-state index contributed by atoms with van der Waals surface area (Å²) in [6.45, 7) is 2.37. The topological polar surface area (TPSA) is 78.0 Å². The molecular weight excluding hydrogens is 330 g/mol. The van der Waals surface area contributed by atoms with Crippen LogP contribution in [0.2, 0.25) is 0 Å². The summed E-state index contributed by atoms with van der Waals surface area (Å²) in [6.07, 6.45) is 1.45. The van der Waals surface area contributed by atoms with Gasteiger partial charge in [0.15, 0.2) is 0 Å². The Bertz CT molecular complexity index is 727. The number of carbonyl (C=O) groups is 2. The fourth-order valence-electron chi connectivity index (χ4n) is 3.16. The number of hydrogen-bond donors (Lipinski definition) is 0. The van der Waals surface area contributed by atoms with E-state index in [0.29, 0.717) is 39.1 Å². The van der Waals surface area contributed by atoms with E-state index >= 15 is 0 Å². The number of para-hydroxylation sites is 1. The number of nitrogens with zero attached hydrogens (tertiary/aromatic N) is 3. The maximum absolute atomic E-state index is 12.6. The van der Waals surface area contributed by atoms with Crippen molar-refractivity contribution in [2.75, 3.05) is 42.8 Å². The SMILES string of the molecule is O=CN1CCN(C(=O)CCS(=O)(=O)N2CCc3ccccc32)CC1. The third kappa shape index (κ3) is 3.38. The molecule has 7 nitrogen and oxygen atoms in total. The summed E-state index contributed by atoms with van der Waals surface area (Å²) in [5, 5.41) is 0. The van der Waals surface area contributed by atoms with Crippen LogP contribution in [0.1, 0.15) is 12.0 Å². The van der Waals surface area contributed by atoms with Crippen LogP contribution in [0.5, 0.6) is 0 Å². The zero-order valence-corrected chi connectivity index (χ0v) is 14.2. The minimum atomic E-state index is -3.50. The normalized spacial score (nSPS) is 17.8. The van der Waals surface area contributed by atoms with Gasteiger partial charge in [-0.2, -0.15) is 0 Å². The lowest BCUT2D eigenvalue weighted by molar-refractivity contribution is -0.134. The number of carbonyl (C=O) groups excluding carboxylic acids is 2. The molecule has 2 heterocycles. The summed E-state index contributed by atoms with van der Waals surface area (Å²) < 4.78 is 26.6. The van der Waals surface area contributed by atoms with Gasteiger partial charge in [0.1, 0.15) is 0 Å². The maximum Gasteiger partial charge on any atom is 0.235 e. The van der Waals surface area contributed by atoms with E-state index in [9.17, 15) is 18.0 Å². The van der Waals surface area contributed by atoms with Crippen LogP contribution in [0, 0.1) is 0 Å². The van der Waals surface area contributed by atoms with Gasteiger partial charge in [0.2, 0.25) is 22.3 Å². The molecule has 0 N–H and O–H groups in total. The zero-order valence-electron chi connectivity index (χ0n) is 13.4. The van der Waals surface area contributed by atoms with Gasteiger partial charge in [-0.1, -0.05) is 18.2 Å². The average molecular weight is 351 g/mol. The highest BCUT2D eigenvalue weighted by atomic mass is 32.2. The van der Waals surface area contributed by atoms with Crippen LogP contribution >= 0.6 is 0 Å². The lowest BCUT2D eigenvalue weighted by Gasteiger charge is -2.32. The molecule has 0 aromatic heterocycles. The first-order chi connectivity index (χ1) is 11.5. The second-order valence-electron chi connectivity index (χ2n) is 6.04. The number of hydrogen-bond acceptors (Lipinski definition) is 4. The Morgan fingerprint density at radius 3 is 2.50 bits per heavy atom. The Labute approximate surface area is 141 Å². The minimum Gasteiger partial charge on any atom is -0.342 e. The molecule has 2 aliphatic rings. The van der Waals surface area contributed by atoms with Crippen LogP contribution in [0.25, 0.3) is 0 Å². The Morgan fingerprint density at radius 2 is 1.79 bits per heavy atom. The number of fused-ring (bicyclic) bond motifs is 1. The summed E-state index contributed by atoms with van der Waals surface area (Å²) >= 11 is 0. The van der Waals surface area contributed by atoms with E-state index in [2.05, 4.69) is 0 Å². The molecule has 8 heteroatoms. The van der Waals surface area contributed by atoms with E-state index < -0.39 is 10.0 Å². The van der Waals surface area contributed by atoms with Gasteiger partial charge < -0.3 is 9.80 Å². The Balaban J connectivity index is 1.58. The molecule has 0 aliphatic carbocycles. The lowest BCUT2D eigenvalue weighted by Crippen LogP contribution is -2.48. The molecule has 0 saturated carbocycles. The standard InChI is InChI=1S/C16H21N3O4S/c20-13-17-8-10-18(11-9-17)16(21)6-12-24(22,23)19-7-5-14-3-1-2-4-15(14)19/h1-4,13H,5-12H2. The smallest absolute Gasteiger partial charge is 0.235 e. The van der Waals surface area contributed by atoms with Gasteiger partial charge in [0, 0.05) is 39.1 Å². The first kappa shape index (κ1) is 16.8. The van der Waals surface area contributed by atoms with Gasteiger partial charge in [-0.15, -0.1) is 0 Å². The summed E-state index contributed by atoms with van der Waals surface area (Å²) in [6, 6.07) is 7.46. The highest BCUT2D eigenvalue weighted by Crippen LogP contribution is 2.30. The quantitative estimate of drug-likeness (QED) is 0.704. The molecule has 2 amide bonds. The summed E-state index contributed by atoms with van der Waals surface area (Å²) in [7, 11) is -3.50. The van der Waals surface area contributed by atoms with E-state index in [-0.39, 0.29) is 18.1 Å². The molecule has 2 aliphatic heterocycles. The molecule has 130 valence electrons. The van der Waals surface area contributed by atoms with Crippen molar-refractivity contribution >= 4 is 28.0 Å². The van der Waals surface area contributed by atoms with E-state index in [1.807, 2.05) is 18.2 Å². The van der Waals surface area contributed by atoms with E-state index in [1.54, 1.807) is 15.9 Å². The van der Waals surface area contributed by atoms with Gasteiger partial charge in [-0.05, 0) is 18.1 Å². The van der Waals surface area contributed by atoms with Crippen molar-refractivity contribution in [2.45, 2.75) is 12.8 Å². The first-order valence-electron chi connectivity index (χ1n) is 8.07. The fourth-order valence-corrected chi connectivity index (χ4v) is 4.66. The molecule has 0 unspecified atom stereocenters. The molecule has 0 radical (unpaired) electrons. The minimum absolute atomic E-state index is 0.0257. The summed E-state index contributed by atoms with van der Waals surface area (Å²) in [4.78, 5) is 26.2. The van der Waals surface area contributed by atoms with Crippen LogP contribution in [0.15, 0.2) is 24.3 Å². The number of piperazine rings is 1. The van der Waals surface area contributed by atoms with Gasteiger partial charge in [-0.25, -0.2) is 8.42 Å². The maximum atomic E-state index is 12.6. The van der Waals surface area contributed by atoms with Crippen LogP contribution < -0.4 is 4.31 Å². The van der Waals surface area contributed by atoms with Crippen molar-refractivity contribution in [1.82, 2.24) is 9.80 Å². The third-order valence-corrected chi connectivity index (χ3v) is 6.34. The van der Waals surface area contributed by atoms with Crippen molar-refractivity contribution < 1.29 is 18.0 Å². The van der Waals surface area contributed by atoms with Crippen molar-refractivity contribution in [1.29, 1.82) is 0 Å². The zero-order chi connectivity index (χ0) is 17.2. The molecule has 0 atom stereocenters. The first-order valence-corrected chi connectivity index (χ1v) is 9.67. The highest BCUT2D eigenvalue weighted by Gasteiger charge is 2.30. The lowest BCUT2D eigenvalue weighted by atomic mass is 10.2. The second-order valence-corrected chi connectivity index (χ2v) is 8.05. The molecule has 1 aromatic carbocycles. The monoisotopic (exact) mass is 351 g/mol. The Kier molecular flexibility index (Phi) is 4.75. The molecule has 1 fully saturated rings. The second kappa shape index (κ2) is 6.80. The van der Waals surface area contributed by atoms with Crippen LogP contribution in [-0.4, -0.2) is 69.0 Å². The van der Waals surface area contributed by atoms with Gasteiger partial charge in [0.25, 0.3) is 0 Å². The Hall–Kier alpha value is -2.09. The molecule has 1 aromatic rings. The highest BCUT2D eigenvalue weighted by molar-refractivity contribution is 7.92. The van der Waals surface area contributed by atoms with Crippen LogP contribution in [-0.2, 0) is 26.0 Å². The number of sulfonamides is 1. The van der Waals surface area contributed by atoms with Crippen LogP contribution in [0.3, 0.4) is 0 Å². The largest absolute Gasteiger partial charge is 0.342 e. The third-order valence-electron chi connectivity index (χ3n) is 4.57. The Morgan fingerprint density at radius 1 is 1.08 bits per heavy atom. The van der Waals surface area contributed by atoms with Gasteiger partial charge in [-0.3, -0.25) is 13.9 Å². The van der Waals surface area contributed by atoms with Gasteiger partial charge in [0.05, 0.1) is 11.4 Å². The van der Waals surface area contributed by atoms with E-state index in [4.69, 9.17) is 0 Å². The van der Waals surface area contributed by atoms with E-state index in [0.717, 1.165) is 17.7 Å². The van der Waals surface area contributed by atoms with Crippen molar-refractivity contribution in [3.63, 3.8) is 0 Å². The van der Waals surface area contributed by atoms with Crippen LogP contribution in [0.4, 0.5) is 5.69 Å². The molecule has 3 rings (SSSR count). The van der Waals surface area contributed by atoms with Crippen molar-refractivity contribution in [3.05, 3.63) is 29.8 Å². The van der Waals surface area contributed by atoms with Crippen molar-refractivity contribution in [3.8, 4) is 0 Å². The number of benzene rings is 1. The summed E-state index contributed by atoms with van der Waals surface area (Å²) in [5.41, 5.74) is 1.75. The number of rotatable bonds is 5. The molecule has 24 heavy (non-hydrogen) atoms. The van der Waals surface area contributed by atoms with E-state index in [1.165, 1.54) is 4.31 Å². The molecular formula is C16H21N3O4S. The number of amides is 2. The fraction of sp³-hybridized carbons (Fsp3) is 0.500. The van der Waals surface area contributed by atoms with Gasteiger partial charge >= 0.3 is 0 Å². The predicted octanol–water partition coefficient (Wildman–Crippen LogP) is 0.0696. The molecule has 1 saturated heterocycles. The predicted molar refractivity (Wildman–Crippen MR) is 90.1 cm³/mol. The number of anilines is 1. The average Bonchev–Trinajstić information content (AvgIpc) is 3.05. The van der Waals surface area contributed by atoms with Crippen molar-refractivity contribution in [2.24, 2.45) is 0 Å². The molecule has 0 bridgehead atoms. The summed E-state index contributed by atoms with van der Waals surface area (Å²) in [5.74, 6) is -0.356. The molecule has 0 spiro atoms.